The maximum absolute atomic E-state index is 14.7. The first-order valence-electron chi connectivity index (χ1n) is 9.82. The molecule has 3 aromatic rings. The van der Waals surface area contributed by atoms with Crippen molar-refractivity contribution < 1.29 is 13.8 Å². The summed E-state index contributed by atoms with van der Waals surface area (Å²) in [5.41, 5.74) is 8.22. The molecular weight excluding hydrogens is 355 g/mol. The second-order valence-electron chi connectivity index (χ2n) is 7.54. The van der Waals surface area contributed by atoms with E-state index in [2.05, 4.69) is 11.2 Å². The summed E-state index contributed by atoms with van der Waals surface area (Å²) in [4.78, 5) is 5.55. The standard InChI is InChI=1S/C22H26FN4O/c1-26-11-9-16-10-12-27(21(16)15-26)14-18-8-7-17(13-20(18)23)22(24)25-28-19-5-3-2-4-6-19/h7-13,15,19H,2-6,14H2,1H3,(H2,24,25)/q+1. The third-order valence-corrected chi connectivity index (χ3v) is 5.40. The van der Waals surface area contributed by atoms with Gasteiger partial charge in [0.2, 0.25) is 0 Å². The van der Waals surface area contributed by atoms with Crippen LogP contribution in [0.4, 0.5) is 4.39 Å². The molecule has 1 aliphatic rings. The van der Waals surface area contributed by atoms with Crippen LogP contribution in [0.15, 0.2) is 54.1 Å². The van der Waals surface area contributed by atoms with E-state index >= 15 is 0 Å². The summed E-state index contributed by atoms with van der Waals surface area (Å²) in [5.74, 6) is -0.0788. The molecule has 1 saturated carbocycles. The van der Waals surface area contributed by atoms with Crippen LogP contribution in [0, 0.1) is 5.82 Å². The summed E-state index contributed by atoms with van der Waals surface area (Å²) < 4.78 is 18.7. The minimum atomic E-state index is -0.296. The molecule has 0 bridgehead atoms. The molecule has 0 amide bonds. The Morgan fingerprint density at radius 1 is 1.25 bits per heavy atom. The third kappa shape index (κ3) is 4.01. The minimum Gasteiger partial charge on any atom is -0.391 e. The van der Waals surface area contributed by atoms with Gasteiger partial charge in [0.15, 0.2) is 18.2 Å². The van der Waals surface area contributed by atoms with Crippen LogP contribution in [0.2, 0.25) is 0 Å². The number of hydrogen-bond donors (Lipinski definition) is 1. The van der Waals surface area contributed by atoms with E-state index in [0.29, 0.717) is 17.7 Å². The van der Waals surface area contributed by atoms with Crippen LogP contribution in [0.3, 0.4) is 0 Å². The zero-order valence-corrected chi connectivity index (χ0v) is 16.1. The Balaban J connectivity index is 1.50. The van der Waals surface area contributed by atoms with Crippen molar-refractivity contribution in [2.45, 2.75) is 44.8 Å². The maximum atomic E-state index is 14.7. The van der Waals surface area contributed by atoms with Gasteiger partial charge in [-0.2, -0.15) is 0 Å². The van der Waals surface area contributed by atoms with Crippen LogP contribution >= 0.6 is 0 Å². The molecule has 0 atom stereocenters. The van der Waals surface area contributed by atoms with Gasteiger partial charge in [-0.1, -0.05) is 23.7 Å². The number of fused-ring (bicyclic) bond motifs is 1. The van der Waals surface area contributed by atoms with E-state index in [1.54, 1.807) is 12.1 Å². The molecule has 2 N–H and O–H groups in total. The molecule has 1 aromatic carbocycles. The number of benzene rings is 1. The van der Waals surface area contributed by atoms with E-state index in [1.165, 1.54) is 12.5 Å². The third-order valence-electron chi connectivity index (χ3n) is 5.40. The van der Waals surface area contributed by atoms with Gasteiger partial charge in [-0.15, -0.1) is 0 Å². The Morgan fingerprint density at radius 3 is 2.86 bits per heavy atom. The Labute approximate surface area is 164 Å². The number of aryl methyl sites for hydroxylation is 1. The summed E-state index contributed by atoms with van der Waals surface area (Å²) in [7, 11) is 1.98. The zero-order chi connectivity index (χ0) is 19.5. The number of hydrogen-bond acceptors (Lipinski definition) is 2. The Bertz CT molecular complexity index is 1000. The SMILES string of the molecule is C[n+]1ccc2ccn(Cc3ccc(C(N)=NOC4CCCCC4)cc3F)c2c1. The van der Waals surface area contributed by atoms with Crippen LogP contribution in [-0.2, 0) is 18.4 Å². The van der Waals surface area contributed by atoms with Crippen LogP contribution in [0.5, 0.6) is 0 Å². The molecule has 2 heterocycles. The number of nitrogens with two attached hydrogens (primary N) is 1. The molecule has 28 heavy (non-hydrogen) atoms. The number of oxime groups is 1. The van der Waals surface area contributed by atoms with Crippen LogP contribution in [0.25, 0.3) is 10.9 Å². The highest BCUT2D eigenvalue weighted by atomic mass is 19.1. The van der Waals surface area contributed by atoms with Gasteiger partial charge < -0.3 is 15.1 Å². The van der Waals surface area contributed by atoms with E-state index in [9.17, 15) is 4.39 Å². The van der Waals surface area contributed by atoms with Crippen molar-refractivity contribution in [3.63, 3.8) is 0 Å². The van der Waals surface area contributed by atoms with Gasteiger partial charge in [-0.3, -0.25) is 0 Å². The van der Waals surface area contributed by atoms with Gasteiger partial charge in [0.1, 0.15) is 24.5 Å². The molecule has 6 heteroatoms. The second-order valence-corrected chi connectivity index (χ2v) is 7.54. The Hall–Kier alpha value is -2.89. The topological polar surface area (TPSA) is 56.4 Å². The quantitative estimate of drug-likeness (QED) is 0.318. The number of pyridine rings is 1. The van der Waals surface area contributed by atoms with Crippen LogP contribution in [0.1, 0.15) is 43.2 Å². The largest absolute Gasteiger partial charge is 0.391 e. The maximum Gasteiger partial charge on any atom is 0.193 e. The molecule has 0 spiro atoms. The predicted octanol–water partition coefficient (Wildman–Crippen LogP) is 3.62. The first kappa shape index (κ1) is 18.5. The summed E-state index contributed by atoms with van der Waals surface area (Å²) in [6, 6.07) is 9.09. The highest BCUT2D eigenvalue weighted by Gasteiger charge is 2.15. The summed E-state index contributed by atoms with van der Waals surface area (Å²) >= 11 is 0. The molecule has 0 aliphatic heterocycles. The van der Waals surface area contributed by atoms with Gasteiger partial charge in [0, 0.05) is 28.8 Å². The predicted molar refractivity (Wildman–Crippen MR) is 107 cm³/mol. The van der Waals surface area contributed by atoms with Gasteiger partial charge in [0.05, 0.1) is 6.54 Å². The van der Waals surface area contributed by atoms with Gasteiger partial charge in [-0.05, 0) is 37.8 Å². The van der Waals surface area contributed by atoms with E-state index in [0.717, 1.165) is 36.6 Å². The van der Waals surface area contributed by atoms with Crippen molar-refractivity contribution in [1.82, 2.24) is 4.57 Å². The number of aromatic nitrogens is 2. The molecule has 0 unspecified atom stereocenters. The molecule has 0 saturated heterocycles. The van der Waals surface area contributed by atoms with Crippen LogP contribution < -0.4 is 10.3 Å². The monoisotopic (exact) mass is 381 g/mol. The highest BCUT2D eigenvalue weighted by Crippen LogP contribution is 2.21. The molecule has 4 rings (SSSR count). The first-order chi connectivity index (χ1) is 13.6. The molecule has 1 fully saturated rings. The number of nitrogens with zero attached hydrogens (tertiary/aromatic N) is 3. The molecule has 0 radical (unpaired) electrons. The molecule has 2 aromatic heterocycles. The van der Waals surface area contributed by atoms with E-state index < -0.39 is 0 Å². The lowest BCUT2D eigenvalue weighted by molar-refractivity contribution is -0.670. The Morgan fingerprint density at radius 2 is 2.07 bits per heavy atom. The fourth-order valence-electron chi connectivity index (χ4n) is 3.74. The van der Waals surface area contributed by atoms with Crippen molar-refractivity contribution in [3.8, 4) is 0 Å². The van der Waals surface area contributed by atoms with Gasteiger partial charge in [-0.25, -0.2) is 8.96 Å². The van der Waals surface area contributed by atoms with Gasteiger partial charge in [0.25, 0.3) is 0 Å². The van der Waals surface area contributed by atoms with Crippen molar-refractivity contribution >= 4 is 16.7 Å². The zero-order valence-electron chi connectivity index (χ0n) is 16.1. The average Bonchev–Trinajstić information content (AvgIpc) is 3.10. The fraction of sp³-hybridized carbons (Fsp3) is 0.364. The normalized spacial score (nSPS) is 15.9. The lowest BCUT2D eigenvalue weighted by atomic mass is 9.98. The molecule has 146 valence electrons. The van der Waals surface area contributed by atoms with Crippen molar-refractivity contribution in [2.24, 2.45) is 17.9 Å². The molecular formula is C22H26FN4O+. The second kappa shape index (κ2) is 8.00. The summed E-state index contributed by atoms with van der Waals surface area (Å²) in [5, 5.41) is 5.17. The number of rotatable bonds is 5. The van der Waals surface area contributed by atoms with Gasteiger partial charge >= 0.3 is 0 Å². The lowest BCUT2D eigenvalue weighted by Gasteiger charge is -2.19. The van der Waals surface area contributed by atoms with Crippen molar-refractivity contribution in [1.29, 1.82) is 0 Å². The van der Waals surface area contributed by atoms with E-state index in [1.807, 2.05) is 40.8 Å². The average molecular weight is 381 g/mol. The fourth-order valence-corrected chi connectivity index (χ4v) is 3.74. The van der Waals surface area contributed by atoms with Crippen LogP contribution in [-0.4, -0.2) is 16.5 Å². The number of halogens is 1. The highest BCUT2D eigenvalue weighted by molar-refractivity contribution is 5.97. The summed E-state index contributed by atoms with van der Waals surface area (Å²) in [6.07, 6.45) is 11.7. The van der Waals surface area contributed by atoms with Crippen molar-refractivity contribution in [3.05, 3.63) is 65.9 Å². The summed E-state index contributed by atoms with van der Waals surface area (Å²) in [6.45, 7) is 0.454. The smallest absolute Gasteiger partial charge is 0.193 e. The minimum absolute atomic E-state index is 0.125. The molecule has 1 aliphatic carbocycles. The number of amidine groups is 1. The lowest BCUT2D eigenvalue weighted by Crippen LogP contribution is -2.26. The Kier molecular flexibility index (Phi) is 5.28. The van der Waals surface area contributed by atoms with E-state index in [4.69, 9.17) is 10.6 Å². The van der Waals surface area contributed by atoms with E-state index in [-0.39, 0.29) is 17.8 Å². The first-order valence-corrected chi connectivity index (χ1v) is 9.82. The molecule has 5 nitrogen and oxygen atoms in total. The van der Waals surface area contributed by atoms with Crippen molar-refractivity contribution in [2.75, 3.05) is 0 Å².